The summed E-state index contributed by atoms with van der Waals surface area (Å²) < 4.78 is 5.55. The van der Waals surface area contributed by atoms with Gasteiger partial charge in [-0.3, -0.25) is 4.98 Å². The molecule has 1 aromatic carbocycles. The van der Waals surface area contributed by atoms with Crippen molar-refractivity contribution in [1.82, 2.24) is 20.0 Å². The first kappa shape index (κ1) is 24.0. The summed E-state index contributed by atoms with van der Waals surface area (Å²) in [7, 11) is 0. The Morgan fingerprint density at radius 1 is 1.26 bits per heavy atom. The highest BCUT2D eigenvalue weighted by molar-refractivity contribution is 5.66. The zero-order valence-corrected chi connectivity index (χ0v) is 19.8. The molecule has 0 unspecified atom stereocenters. The van der Waals surface area contributed by atoms with Gasteiger partial charge in [-0.1, -0.05) is 30.6 Å². The molecule has 1 atom stereocenters. The number of pyridine rings is 1. The van der Waals surface area contributed by atoms with Crippen LogP contribution < -0.4 is 0 Å². The Kier molecular flexibility index (Phi) is 7.68. The van der Waals surface area contributed by atoms with Crippen molar-refractivity contribution in [1.29, 1.82) is 5.26 Å². The van der Waals surface area contributed by atoms with E-state index < -0.39 is 6.10 Å². The number of nitriles is 1. The predicted octanol–water partition coefficient (Wildman–Crippen LogP) is 3.08. The van der Waals surface area contributed by atoms with E-state index in [4.69, 9.17) is 9.63 Å². The summed E-state index contributed by atoms with van der Waals surface area (Å²) in [6.45, 7) is 6.11. The van der Waals surface area contributed by atoms with E-state index in [0.29, 0.717) is 29.4 Å². The third-order valence-electron chi connectivity index (χ3n) is 6.52. The molecule has 34 heavy (non-hydrogen) atoms. The molecule has 3 aromatic rings. The zero-order chi connectivity index (χ0) is 24.1. The third kappa shape index (κ3) is 5.17. The molecule has 3 heterocycles. The number of hydrogen-bond acceptors (Lipinski definition) is 8. The molecule has 0 bridgehead atoms. The Morgan fingerprint density at radius 2 is 2.09 bits per heavy atom. The van der Waals surface area contributed by atoms with Gasteiger partial charge in [-0.2, -0.15) is 10.2 Å². The Balaban J connectivity index is 1.57. The highest BCUT2D eigenvalue weighted by Gasteiger charge is 2.21. The van der Waals surface area contributed by atoms with Crippen LogP contribution in [0.1, 0.15) is 47.7 Å². The molecule has 0 fully saturated rings. The fourth-order valence-electron chi connectivity index (χ4n) is 4.54. The average molecular weight is 462 g/mol. The Bertz CT molecular complexity index is 1180. The molecule has 0 spiro atoms. The number of benzene rings is 1. The first-order chi connectivity index (χ1) is 16.5. The van der Waals surface area contributed by atoms with Crippen LogP contribution in [0.4, 0.5) is 0 Å². The molecule has 8 heteroatoms. The summed E-state index contributed by atoms with van der Waals surface area (Å²) in [5.74, 6) is 0.861. The number of aromatic nitrogens is 3. The van der Waals surface area contributed by atoms with E-state index in [1.807, 2.05) is 6.07 Å². The lowest BCUT2D eigenvalue weighted by Crippen LogP contribution is -2.36. The number of unbranched alkanes of at least 4 members (excludes halogenated alkanes) is 1. The Morgan fingerprint density at radius 3 is 2.85 bits per heavy atom. The minimum atomic E-state index is -0.715. The number of aliphatic hydroxyl groups is 2. The summed E-state index contributed by atoms with van der Waals surface area (Å²) in [6.07, 6.45) is 5.54. The van der Waals surface area contributed by atoms with Gasteiger partial charge in [0.25, 0.3) is 5.89 Å². The second kappa shape index (κ2) is 10.9. The molecule has 178 valence electrons. The summed E-state index contributed by atoms with van der Waals surface area (Å²) in [4.78, 5) is 11.3. The molecular formula is C26H31N5O3. The fourth-order valence-corrected chi connectivity index (χ4v) is 4.54. The molecule has 4 rings (SSSR count). The molecule has 1 aliphatic rings. The Labute approximate surface area is 199 Å². The molecule has 2 aromatic heterocycles. The van der Waals surface area contributed by atoms with Gasteiger partial charge in [-0.15, -0.1) is 0 Å². The smallest absolute Gasteiger partial charge is 0.259 e. The second-order valence-electron chi connectivity index (χ2n) is 8.87. The highest BCUT2D eigenvalue weighted by atomic mass is 16.5. The lowest BCUT2D eigenvalue weighted by Gasteiger charge is -2.21. The zero-order valence-electron chi connectivity index (χ0n) is 19.8. The molecule has 8 nitrogen and oxygen atoms in total. The van der Waals surface area contributed by atoms with Crippen molar-refractivity contribution in [2.75, 3.05) is 26.2 Å². The second-order valence-corrected chi connectivity index (χ2v) is 8.87. The maximum Gasteiger partial charge on any atom is 0.259 e. The summed E-state index contributed by atoms with van der Waals surface area (Å²) in [5, 5.41) is 32.7. The standard InChI is InChI=1S/C26H31N5O3/c1-3-4-5-24-19(13-27)12-20(14-28-24)26-29-25(30-34-26)23-7-6-18-8-10-31(15-21(33)16-32)11-9-22(18)17(23)2/h6-7,12,14,21,32-33H,3-5,8-11,15-16H2,1-2H3/t21-/m0/s1. The van der Waals surface area contributed by atoms with Crippen molar-refractivity contribution in [3.05, 3.63) is 52.3 Å². The van der Waals surface area contributed by atoms with Crippen LogP contribution in [0.2, 0.25) is 0 Å². The number of aliphatic hydroxyl groups excluding tert-OH is 2. The van der Waals surface area contributed by atoms with Crippen molar-refractivity contribution in [2.45, 2.75) is 52.1 Å². The van der Waals surface area contributed by atoms with E-state index in [1.165, 1.54) is 11.1 Å². The Hall–Kier alpha value is -3.12. The van der Waals surface area contributed by atoms with Crippen molar-refractivity contribution < 1.29 is 14.7 Å². The molecule has 2 N–H and O–H groups in total. The quantitative estimate of drug-likeness (QED) is 0.525. The third-order valence-corrected chi connectivity index (χ3v) is 6.52. The van der Waals surface area contributed by atoms with Crippen LogP contribution in [0.3, 0.4) is 0 Å². The minimum Gasteiger partial charge on any atom is -0.394 e. The van der Waals surface area contributed by atoms with E-state index in [1.54, 1.807) is 12.3 Å². The molecule has 0 radical (unpaired) electrons. The van der Waals surface area contributed by atoms with Crippen LogP contribution in [0, 0.1) is 18.3 Å². The van der Waals surface area contributed by atoms with Gasteiger partial charge in [-0.25, -0.2) is 0 Å². The maximum atomic E-state index is 9.81. The van der Waals surface area contributed by atoms with E-state index >= 15 is 0 Å². The van der Waals surface area contributed by atoms with Gasteiger partial charge in [0, 0.05) is 31.4 Å². The van der Waals surface area contributed by atoms with Crippen LogP contribution >= 0.6 is 0 Å². The maximum absolute atomic E-state index is 9.81. The van der Waals surface area contributed by atoms with E-state index in [9.17, 15) is 10.4 Å². The number of aryl methyl sites for hydroxylation is 1. The van der Waals surface area contributed by atoms with Gasteiger partial charge in [0.1, 0.15) is 6.07 Å². The summed E-state index contributed by atoms with van der Waals surface area (Å²) >= 11 is 0. The molecule has 0 saturated carbocycles. The first-order valence-corrected chi connectivity index (χ1v) is 11.9. The lowest BCUT2D eigenvalue weighted by molar-refractivity contribution is 0.0604. The molecule has 0 amide bonds. The van der Waals surface area contributed by atoms with E-state index in [-0.39, 0.29) is 6.61 Å². The van der Waals surface area contributed by atoms with Crippen molar-refractivity contribution in [3.8, 4) is 28.9 Å². The largest absolute Gasteiger partial charge is 0.394 e. The predicted molar refractivity (Wildman–Crippen MR) is 128 cm³/mol. The number of β-amino-alcohol motifs (C(OH)–C–C–N with tert-alkyl or cyclic N) is 1. The van der Waals surface area contributed by atoms with Crippen molar-refractivity contribution in [3.63, 3.8) is 0 Å². The molecular weight excluding hydrogens is 430 g/mol. The van der Waals surface area contributed by atoms with Gasteiger partial charge in [0.15, 0.2) is 0 Å². The lowest BCUT2D eigenvalue weighted by atomic mass is 9.93. The van der Waals surface area contributed by atoms with E-state index in [2.05, 4.69) is 46.0 Å². The van der Waals surface area contributed by atoms with Crippen LogP contribution in [-0.2, 0) is 19.3 Å². The SMILES string of the molecule is CCCCc1ncc(-c2nc(-c3ccc4c(c3C)CCN(C[C@H](O)CO)CC4)no2)cc1C#N. The summed E-state index contributed by atoms with van der Waals surface area (Å²) in [5.41, 5.74) is 6.60. The van der Waals surface area contributed by atoms with Crippen LogP contribution in [0.25, 0.3) is 22.8 Å². The van der Waals surface area contributed by atoms with Gasteiger partial charge >= 0.3 is 0 Å². The molecule has 0 aliphatic carbocycles. The molecule has 0 saturated heterocycles. The normalized spacial score (nSPS) is 14.9. The van der Waals surface area contributed by atoms with E-state index in [0.717, 1.165) is 62.0 Å². The van der Waals surface area contributed by atoms with Crippen LogP contribution in [-0.4, -0.2) is 62.6 Å². The average Bonchev–Trinajstić information content (AvgIpc) is 3.25. The molecule has 1 aliphatic heterocycles. The van der Waals surface area contributed by atoms with Gasteiger partial charge in [0.05, 0.1) is 29.5 Å². The van der Waals surface area contributed by atoms with Gasteiger partial charge in [0.2, 0.25) is 5.82 Å². The number of fused-ring (bicyclic) bond motifs is 1. The number of hydrogen-bond donors (Lipinski definition) is 2. The monoisotopic (exact) mass is 461 g/mol. The topological polar surface area (TPSA) is 119 Å². The number of rotatable bonds is 8. The van der Waals surface area contributed by atoms with Crippen LogP contribution in [0.15, 0.2) is 28.9 Å². The van der Waals surface area contributed by atoms with Crippen molar-refractivity contribution >= 4 is 0 Å². The summed E-state index contributed by atoms with van der Waals surface area (Å²) in [6, 6.07) is 8.17. The van der Waals surface area contributed by atoms with Gasteiger partial charge < -0.3 is 19.6 Å². The number of nitrogens with zero attached hydrogens (tertiary/aromatic N) is 5. The van der Waals surface area contributed by atoms with Gasteiger partial charge in [-0.05, 0) is 55.4 Å². The first-order valence-electron chi connectivity index (χ1n) is 11.9. The van der Waals surface area contributed by atoms with Crippen molar-refractivity contribution in [2.24, 2.45) is 0 Å². The fraction of sp³-hybridized carbons (Fsp3) is 0.462. The minimum absolute atomic E-state index is 0.223. The highest BCUT2D eigenvalue weighted by Crippen LogP contribution is 2.30. The van der Waals surface area contributed by atoms with Crippen LogP contribution in [0.5, 0.6) is 0 Å².